The van der Waals surface area contributed by atoms with Crippen molar-refractivity contribution < 1.29 is 18.7 Å². The molecule has 0 bridgehead atoms. The zero-order valence-electron chi connectivity index (χ0n) is 25.4. The molecule has 0 aromatic heterocycles. The minimum absolute atomic E-state index is 0.0363. The highest BCUT2D eigenvalue weighted by atomic mass is 127. The van der Waals surface area contributed by atoms with E-state index in [0.717, 1.165) is 18.4 Å². The van der Waals surface area contributed by atoms with Crippen molar-refractivity contribution in [3.05, 3.63) is 102 Å². The summed E-state index contributed by atoms with van der Waals surface area (Å²) in [5.74, 6) is 0.441. The van der Waals surface area contributed by atoms with Crippen molar-refractivity contribution in [3.8, 4) is 5.75 Å². The Morgan fingerprint density at radius 3 is 2.22 bits per heavy atom. The molecule has 9 nitrogen and oxygen atoms in total. The summed E-state index contributed by atoms with van der Waals surface area (Å²) in [4.78, 5) is 45.1. The minimum Gasteiger partial charge on any atom is -0.386 e. The Hall–Kier alpha value is -3.35. The first-order valence-corrected chi connectivity index (χ1v) is 17.2. The lowest BCUT2D eigenvalue weighted by Gasteiger charge is -2.55. The van der Waals surface area contributed by atoms with E-state index in [0.29, 0.717) is 29.7 Å². The highest BCUT2D eigenvalue weighted by Crippen LogP contribution is 2.32. The molecule has 0 aliphatic carbocycles. The van der Waals surface area contributed by atoms with Crippen LogP contribution in [0.2, 0.25) is 0 Å². The van der Waals surface area contributed by atoms with Gasteiger partial charge in [-0.25, -0.2) is 9.80 Å². The number of urea groups is 1. The molecule has 0 spiro atoms. The number of fused-ring (bicyclic) bond motifs is 1. The molecule has 3 aromatic rings. The Bertz CT molecular complexity index is 1390. The summed E-state index contributed by atoms with van der Waals surface area (Å²) in [6.07, 6.45) is 2.37. The Morgan fingerprint density at radius 2 is 1.64 bits per heavy atom. The summed E-state index contributed by atoms with van der Waals surface area (Å²) in [6.45, 7) is 3.14. The second-order valence-corrected chi connectivity index (χ2v) is 12.2. The van der Waals surface area contributed by atoms with E-state index in [1.165, 1.54) is 11.1 Å². The number of rotatable bonds is 12. The summed E-state index contributed by atoms with van der Waals surface area (Å²) < 4.78 is 5.17. The van der Waals surface area contributed by atoms with Gasteiger partial charge < -0.3 is 19.4 Å². The van der Waals surface area contributed by atoms with Gasteiger partial charge in [-0.15, -0.1) is 0 Å². The van der Waals surface area contributed by atoms with Crippen LogP contribution >= 0.6 is 34.5 Å². The smallest absolute Gasteiger partial charge is 0.334 e. The van der Waals surface area contributed by atoms with Crippen molar-refractivity contribution in [1.29, 1.82) is 0 Å². The van der Waals surface area contributed by atoms with Crippen LogP contribution in [0.5, 0.6) is 5.75 Å². The fraction of sp³-hybridized carbons (Fsp3) is 0.382. The maximum atomic E-state index is 14.1. The zero-order chi connectivity index (χ0) is 31.8. The van der Waals surface area contributed by atoms with Crippen molar-refractivity contribution in [2.24, 2.45) is 0 Å². The van der Waals surface area contributed by atoms with Gasteiger partial charge >= 0.3 is 6.03 Å². The summed E-state index contributed by atoms with van der Waals surface area (Å²) in [6, 6.07) is 26.9. The van der Waals surface area contributed by atoms with Crippen LogP contribution in [0, 0.1) is 0 Å². The number of hydrogen-bond donors (Lipinski definition) is 1. The van der Waals surface area contributed by atoms with Crippen LogP contribution < -0.4 is 9.61 Å². The molecule has 4 amide bonds. The Morgan fingerprint density at radius 1 is 1.00 bits per heavy atom. The lowest BCUT2D eigenvalue weighted by atomic mass is 9.88. The van der Waals surface area contributed by atoms with Crippen molar-refractivity contribution in [3.63, 3.8) is 0 Å². The number of hydrogen-bond acceptors (Lipinski definition) is 5. The highest BCUT2D eigenvalue weighted by Gasteiger charge is 2.51. The van der Waals surface area contributed by atoms with E-state index in [4.69, 9.17) is 16.2 Å². The normalized spacial score (nSPS) is 18.7. The van der Waals surface area contributed by atoms with Crippen LogP contribution in [-0.2, 0) is 16.1 Å². The largest absolute Gasteiger partial charge is 0.386 e. The summed E-state index contributed by atoms with van der Waals surface area (Å²) >= 11 is 7.62. The zero-order valence-corrected chi connectivity index (χ0v) is 28.3. The van der Waals surface area contributed by atoms with E-state index in [1.807, 2.05) is 53.4 Å². The molecule has 5 rings (SSSR count). The number of alkyl halides is 1. The average molecular weight is 744 g/mol. The van der Waals surface area contributed by atoms with Crippen LogP contribution in [0.15, 0.2) is 84.9 Å². The fourth-order valence-electron chi connectivity index (χ4n) is 6.27. The number of hydrazine groups is 1. The number of benzene rings is 3. The van der Waals surface area contributed by atoms with E-state index in [1.54, 1.807) is 27.1 Å². The van der Waals surface area contributed by atoms with Gasteiger partial charge in [-0.3, -0.25) is 9.59 Å². The highest BCUT2D eigenvalue weighted by molar-refractivity contribution is 14.1. The van der Waals surface area contributed by atoms with Crippen LogP contribution in [-0.4, -0.2) is 74.1 Å². The Labute approximate surface area is 283 Å². The molecule has 2 aliphatic heterocycles. The van der Waals surface area contributed by atoms with Crippen LogP contribution in [0.3, 0.4) is 0 Å². The van der Waals surface area contributed by atoms with Crippen LogP contribution in [0.4, 0.5) is 4.79 Å². The molecule has 2 heterocycles. The van der Waals surface area contributed by atoms with Gasteiger partial charge in [0, 0.05) is 19.0 Å². The molecule has 0 unspecified atom stereocenters. The van der Waals surface area contributed by atoms with E-state index in [2.05, 4.69) is 59.1 Å². The molecule has 0 saturated carbocycles. The average Bonchev–Trinajstić information content (AvgIpc) is 3.08. The molecule has 11 heteroatoms. The lowest BCUT2D eigenvalue weighted by Crippen LogP contribution is -2.76. The first-order valence-electron chi connectivity index (χ1n) is 15.4. The van der Waals surface area contributed by atoms with Crippen molar-refractivity contribution in [1.82, 2.24) is 25.1 Å². The van der Waals surface area contributed by atoms with E-state index >= 15 is 0 Å². The van der Waals surface area contributed by atoms with Crippen LogP contribution in [0.25, 0.3) is 0 Å². The van der Waals surface area contributed by atoms with Crippen LogP contribution in [0.1, 0.15) is 55.2 Å². The van der Waals surface area contributed by atoms with Gasteiger partial charge in [0.1, 0.15) is 29.8 Å². The third-order valence-electron chi connectivity index (χ3n) is 8.56. The summed E-state index contributed by atoms with van der Waals surface area (Å²) in [5, 5.41) is 6.44. The lowest BCUT2D eigenvalue weighted by molar-refractivity contribution is -0.188. The first kappa shape index (κ1) is 33.0. The number of amides is 4. The standard InChI is InChI=1S/C34H39ClIN5O4/c1-2-3-14-30-33(43)38(20-19-29(26-10-6-4-7-11-26)27-12-8-5-9-13-27)22-31-40(30)32(42)23-39(24-36)41(31)34(44)37-21-25-15-17-28(45-35)18-16-25/h4-13,15-18,29-31H,2-3,14,19-24H2,1H3,(H,37,44)/t30-,31-/m0/s1. The first-order chi connectivity index (χ1) is 21.9. The van der Waals surface area contributed by atoms with Gasteiger partial charge in [0.05, 0.1) is 17.6 Å². The second kappa shape index (κ2) is 15.8. The maximum Gasteiger partial charge on any atom is 0.334 e. The molecule has 0 radical (unpaired) electrons. The van der Waals surface area contributed by atoms with E-state index in [9.17, 15) is 14.4 Å². The van der Waals surface area contributed by atoms with Gasteiger partial charge in [-0.05, 0) is 41.7 Å². The third kappa shape index (κ3) is 7.73. The summed E-state index contributed by atoms with van der Waals surface area (Å²) in [7, 11) is 0. The molecule has 2 saturated heterocycles. The topological polar surface area (TPSA) is 85.4 Å². The number of carbonyl (C=O) groups is 3. The maximum absolute atomic E-state index is 14.1. The number of nitrogens with zero attached hydrogens (tertiary/aromatic N) is 4. The quantitative estimate of drug-likeness (QED) is 0.137. The molecular formula is C34H39ClIN5O4. The number of nitrogens with one attached hydrogen (secondary N) is 1. The Kier molecular flexibility index (Phi) is 11.6. The van der Waals surface area contributed by atoms with Gasteiger partial charge in [-0.2, -0.15) is 5.01 Å². The molecule has 2 fully saturated rings. The van der Waals surface area contributed by atoms with E-state index < -0.39 is 12.2 Å². The molecule has 3 aromatic carbocycles. The van der Waals surface area contributed by atoms with Gasteiger partial charge in [0.2, 0.25) is 11.8 Å². The molecule has 2 atom stereocenters. The van der Waals surface area contributed by atoms with Crippen molar-refractivity contribution in [2.45, 2.75) is 57.3 Å². The molecule has 1 N–H and O–H groups in total. The third-order valence-corrected chi connectivity index (χ3v) is 9.52. The molecule has 2 aliphatic rings. The SMILES string of the molecule is CCCC[C@H]1C(=O)N(CCC(c2ccccc2)c2ccccc2)C[C@H]2N1C(=O)CN(CI)N2C(=O)NCc1ccc(OCl)cc1. The van der Waals surface area contributed by atoms with Crippen molar-refractivity contribution in [2.75, 3.05) is 24.2 Å². The Balaban J connectivity index is 1.40. The molecule has 238 valence electrons. The number of unbranched alkanes of at least 4 members (excludes halogenated alkanes) is 1. The number of halogens is 2. The predicted molar refractivity (Wildman–Crippen MR) is 182 cm³/mol. The predicted octanol–water partition coefficient (Wildman–Crippen LogP) is 6.13. The summed E-state index contributed by atoms with van der Waals surface area (Å²) in [5.41, 5.74) is 3.25. The van der Waals surface area contributed by atoms with Gasteiger partial charge in [0.15, 0.2) is 0 Å². The van der Waals surface area contributed by atoms with Gasteiger partial charge in [0.25, 0.3) is 0 Å². The van der Waals surface area contributed by atoms with Crippen molar-refractivity contribution >= 4 is 52.3 Å². The monoisotopic (exact) mass is 743 g/mol. The molecular weight excluding hydrogens is 705 g/mol. The fourth-order valence-corrected chi connectivity index (χ4v) is 6.95. The number of piperazine rings is 1. The molecule has 45 heavy (non-hydrogen) atoms. The second-order valence-electron chi connectivity index (χ2n) is 11.4. The van der Waals surface area contributed by atoms with Gasteiger partial charge in [-0.1, -0.05) is 115 Å². The van der Waals surface area contributed by atoms with E-state index in [-0.39, 0.29) is 43.4 Å². The minimum atomic E-state index is -0.613. The number of carbonyl (C=O) groups excluding carboxylic acids is 3.